The number of carboxylic acid groups (broad SMARTS) is 6. The van der Waals surface area contributed by atoms with Crippen molar-refractivity contribution in [2.75, 3.05) is 0 Å². The maximum atomic E-state index is 9.10. The topological polar surface area (TPSA) is 539 Å². The Bertz CT molecular complexity index is 287. The first-order valence-corrected chi connectivity index (χ1v) is 3.32. The molecule has 0 saturated carbocycles. The van der Waals surface area contributed by atoms with Gasteiger partial charge in [0, 0.05) is 43.4 Å². The second-order valence-corrected chi connectivity index (χ2v) is 1.83. The van der Waals surface area contributed by atoms with Crippen LogP contribution in [0.15, 0.2) is 0 Å². The quantitative estimate of drug-likeness (QED) is 0.122. The van der Waals surface area contributed by atoms with Gasteiger partial charge >= 0.3 is 35.8 Å². The summed E-state index contributed by atoms with van der Waals surface area (Å²) >= 11 is 0. The van der Waals surface area contributed by atoms with Crippen molar-refractivity contribution < 1.29 is 158 Å². The van der Waals surface area contributed by atoms with Gasteiger partial charge in [0.05, 0.1) is 0 Å². The largest absolute Gasteiger partial charge is 0.473 e. The minimum Gasteiger partial charge on any atom is -0.473 e. The van der Waals surface area contributed by atoms with Crippen LogP contribution in [0.25, 0.3) is 0 Å². The van der Waals surface area contributed by atoms with Gasteiger partial charge in [-0.25, -0.2) is 28.8 Å². The molecule has 26 N–H and O–H groups in total. The van der Waals surface area contributed by atoms with Gasteiger partial charge in [-0.05, 0) is 0 Å². The second kappa shape index (κ2) is 71.4. The standard InChI is InChI=1S/3C2H2O4.10H2O.2Ti/c3*3-1(4)2(5)6;;;;;;;;;;;;/h3*(H,3,4)(H,5,6);10*1H2;;. The van der Waals surface area contributed by atoms with E-state index < -0.39 is 35.8 Å². The van der Waals surface area contributed by atoms with Crippen molar-refractivity contribution in [1.82, 2.24) is 0 Å². The zero-order valence-electron chi connectivity index (χ0n) is 14.1. The molecule has 0 aromatic heterocycles. The van der Waals surface area contributed by atoms with Crippen LogP contribution in [0.2, 0.25) is 0 Å². The molecule has 0 spiro atoms. The summed E-state index contributed by atoms with van der Waals surface area (Å²) in [6.45, 7) is 0. The molecule has 0 unspecified atom stereocenters. The monoisotopic (exact) mass is 546 g/mol. The van der Waals surface area contributed by atoms with Crippen LogP contribution in [0.1, 0.15) is 0 Å². The van der Waals surface area contributed by atoms with Crippen LogP contribution >= 0.6 is 0 Å². The zero-order chi connectivity index (χ0) is 15.5. The molecule has 0 aromatic carbocycles. The molecular weight excluding hydrogens is 520 g/mol. The fourth-order valence-corrected chi connectivity index (χ4v) is 0. The first kappa shape index (κ1) is 122. The Hall–Kier alpha value is -2.15. The molecule has 0 fully saturated rings. The summed E-state index contributed by atoms with van der Waals surface area (Å²) in [6, 6.07) is 0. The number of carbonyl (C=O) groups is 6. The Morgan fingerprint density at radius 2 is 0.300 bits per heavy atom. The van der Waals surface area contributed by atoms with E-state index in [1.165, 1.54) is 0 Å². The van der Waals surface area contributed by atoms with Gasteiger partial charge in [0.1, 0.15) is 0 Å². The summed E-state index contributed by atoms with van der Waals surface area (Å²) in [5.41, 5.74) is 0. The van der Waals surface area contributed by atoms with Gasteiger partial charge in [0.25, 0.3) is 0 Å². The predicted molar refractivity (Wildman–Crippen MR) is 82.0 cm³/mol. The van der Waals surface area contributed by atoms with Gasteiger partial charge in [0.2, 0.25) is 0 Å². The average Bonchev–Trinajstić information content (AvgIpc) is 2.18. The van der Waals surface area contributed by atoms with Crippen LogP contribution in [0, 0.1) is 0 Å². The first-order valence-electron chi connectivity index (χ1n) is 3.32. The molecule has 190 valence electrons. The molecule has 22 nitrogen and oxygen atoms in total. The Morgan fingerprint density at radius 3 is 0.300 bits per heavy atom. The fourth-order valence-electron chi connectivity index (χ4n) is 0. The van der Waals surface area contributed by atoms with E-state index in [4.69, 9.17) is 59.4 Å². The van der Waals surface area contributed by atoms with Crippen LogP contribution in [0.4, 0.5) is 0 Å². The molecule has 0 atom stereocenters. The van der Waals surface area contributed by atoms with Crippen LogP contribution in [-0.4, -0.2) is 121 Å². The van der Waals surface area contributed by atoms with Crippen LogP contribution in [-0.2, 0) is 72.2 Å². The molecule has 30 heavy (non-hydrogen) atoms. The summed E-state index contributed by atoms with van der Waals surface area (Å²) in [7, 11) is 0. The number of rotatable bonds is 0. The van der Waals surface area contributed by atoms with E-state index in [1.807, 2.05) is 0 Å². The third-order valence-electron chi connectivity index (χ3n) is 0.549. The van der Waals surface area contributed by atoms with E-state index in [9.17, 15) is 0 Å². The van der Waals surface area contributed by atoms with Crippen LogP contribution in [0.3, 0.4) is 0 Å². The zero-order valence-corrected chi connectivity index (χ0v) is 17.3. The van der Waals surface area contributed by atoms with E-state index in [0.29, 0.717) is 0 Å². The smallest absolute Gasteiger partial charge is 0.414 e. The predicted octanol–water partition coefficient (Wildman–Crippen LogP) is -10.8. The van der Waals surface area contributed by atoms with Crippen molar-refractivity contribution >= 4 is 35.8 Å². The Kier molecular flexibility index (Phi) is 289. The van der Waals surface area contributed by atoms with Gasteiger partial charge in [0.15, 0.2) is 0 Å². The van der Waals surface area contributed by atoms with Crippen molar-refractivity contribution in [2.45, 2.75) is 0 Å². The van der Waals surface area contributed by atoms with Crippen molar-refractivity contribution in [1.29, 1.82) is 0 Å². The van der Waals surface area contributed by atoms with E-state index >= 15 is 0 Å². The molecule has 0 saturated heterocycles. The first-order chi connectivity index (χ1) is 7.93. The Morgan fingerprint density at radius 1 is 0.267 bits per heavy atom. The van der Waals surface area contributed by atoms with E-state index in [-0.39, 0.29) is 98.2 Å². The van der Waals surface area contributed by atoms with Crippen molar-refractivity contribution in [3.05, 3.63) is 0 Å². The number of carboxylic acids is 6. The minimum atomic E-state index is -1.82. The average molecular weight is 546 g/mol. The molecule has 0 aromatic rings. The minimum absolute atomic E-state index is 0. The molecule has 0 heterocycles. The molecule has 0 aliphatic carbocycles. The van der Waals surface area contributed by atoms with Gasteiger partial charge < -0.3 is 85.4 Å². The van der Waals surface area contributed by atoms with E-state index in [0.717, 1.165) is 0 Å². The van der Waals surface area contributed by atoms with Crippen LogP contribution < -0.4 is 0 Å². The second-order valence-electron chi connectivity index (χ2n) is 1.83. The molecule has 0 radical (unpaired) electrons. The van der Waals surface area contributed by atoms with E-state index in [2.05, 4.69) is 0 Å². The summed E-state index contributed by atoms with van der Waals surface area (Å²) in [6.07, 6.45) is 0. The maximum absolute atomic E-state index is 9.10. The third-order valence-corrected chi connectivity index (χ3v) is 0.549. The summed E-state index contributed by atoms with van der Waals surface area (Å²) in [5.74, 6) is -10.9. The van der Waals surface area contributed by atoms with Gasteiger partial charge in [-0.15, -0.1) is 0 Å². The van der Waals surface area contributed by atoms with Gasteiger partial charge in [-0.3, -0.25) is 0 Å². The molecule has 0 rings (SSSR count). The van der Waals surface area contributed by atoms with Gasteiger partial charge in [-0.2, -0.15) is 0 Å². The maximum Gasteiger partial charge on any atom is 0.414 e. The molecule has 0 aliphatic rings. The molecule has 0 amide bonds. The normalized spacial score (nSPS) is 4.40. The summed E-state index contributed by atoms with van der Waals surface area (Å²) in [4.78, 5) is 54.6. The molecule has 0 aliphatic heterocycles. The number of hydrogen-bond acceptors (Lipinski definition) is 6. The van der Waals surface area contributed by atoms with Gasteiger partial charge in [-0.1, -0.05) is 0 Å². The third kappa shape index (κ3) is 165. The van der Waals surface area contributed by atoms with E-state index in [1.54, 1.807) is 0 Å². The Labute approximate surface area is 193 Å². The number of aliphatic carboxylic acids is 6. The van der Waals surface area contributed by atoms with Crippen molar-refractivity contribution in [3.63, 3.8) is 0 Å². The fraction of sp³-hybridized carbons (Fsp3) is 0. The van der Waals surface area contributed by atoms with Crippen LogP contribution in [0.5, 0.6) is 0 Å². The number of hydrogen-bond donors (Lipinski definition) is 6. The summed E-state index contributed by atoms with van der Waals surface area (Å²) in [5, 5.41) is 44.3. The molecular formula is C6H26O22Ti2. The summed E-state index contributed by atoms with van der Waals surface area (Å²) < 4.78 is 0. The van der Waals surface area contributed by atoms with Crippen molar-refractivity contribution in [2.24, 2.45) is 0 Å². The molecule has 0 bridgehead atoms. The molecule has 24 heteroatoms. The SMILES string of the molecule is O.O.O.O.O.O.O.O.O.O.O=C(O)C(=O)O.O=C(O)C(=O)O.O=C(O)C(=O)O.[Ti].[Ti]. The van der Waals surface area contributed by atoms with Crippen molar-refractivity contribution in [3.8, 4) is 0 Å². The Balaban J connectivity index is -0.00000000721.